The van der Waals surface area contributed by atoms with E-state index in [2.05, 4.69) is 5.32 Å². The molecule has 1 fully saturated rings. The quantitative estimate of drug-likeness (QED) is 0.686. The van der Waals surface area contributed by atoms with Crippen LogP contribution in [0.2, 0.25) is 0 Å². The first kappa shape index (κ1) is 8.75. The van der Waals surface area contributed by atoms with Gasteiger partial charge in [0.1, 0.15) is 0 Å². The number of nitrogens with one attached hydrogen (secondary N) is 1. The zero-order chi connectivity index (χ0) is 9.10. The van der Waals surface area contributed by atoms with E-state index in [1.54, 1.807) is 0 Å². The highest BCUT2D eigenvalue weighted by atomic mass is 16.5. The lowest BCUT2D eigenvalue weighted by molar-refractivity contribution is -0.122. The number of hydrogen-bond acceptors (Lipinski definition) is 3. The number of allylic oxidation sites excluding steroid dienone is 1. The maximum absolute atomic E-state index is 11.8. The lowest BCUT2D eigenvalue weighted by Gasteiger charge is -2.21. The summed E-state index contributed by atoms with van der Waals surface area (Å²) in [6.45, 7) is 2.61. The van der Waals surface area contributed by atoms with E-state index in [1.165, 1.54) is 0 Å². The van der Waals surface area contributed by atoms with Gasteiger partial charge in [-0.1, -0.05) is 0 Å². The number of ether oxygens (including phenoxy) is 1. The van der Waals surface area contributed by atoms with Crippen molar-refractivity contribution < 1.29 is 9.53 Å². The van der Waals surface area contributed by atoms with Crippen LogP contribution >= 0.6 is 0 Å². The van der Waals surface area contributed by atoms with Crippen molar-refractivity contribution in [3.8, 4) is 0 Å². The lowest BCUT2D eigenvalue weighted by Crippen LogP contribution is -2.32. The largest absolute Gasteiger partial charge is 0.490 e. The number of rotatable bonds is 2. The normalized spacial score (nSPS) is 23.8. The van der Waals surface area contributed by atoms with Crippen molar-refractivity contribution in [2.75, 3.05) is 19.7 Å². The molecule has 2 aliphatic heterocycles. The predicted molar refractivity (Wildman–Crippen MR) is 49.3 cm³/mol. The van der Waals surface area contributed by atoms with Gasteiger partial charge in [0.2, 0.25) is 0 Å². The molecular weight excluding hydrogens is 166 g/mol. The summed E-state index contributed by atoms with van der Waals surface area (Å²) in [5, 5.41) is 3.25. The summed E-state index contributed by atoms with van der Waals surface area (Å²) in [6, 6.07) is 0. The van der Waals surface area contributed by atoms with Crippen LogP contribution in [-0.4, -0.2) is 25.5 Å². The van der Waals surface area contributed by atoms with Crippen LogP contribution in [0.5, 0.6) is 0 Å². The Labute approximate surface area is 78.1 Å². The molecule has 0 saturated carbocycles. The minimum Gasteiger partial charge on any atom is -0.490 e. The van der Waals surface area contributed by atoms with E-state index in [9.17, 15) is 4.79 Å². The van der Waals surface area contributed by atoms with Crippen LogP contribution in [0, 0.1) is 5.92 Å². The van der Waals surface area contributed by atoms with Crippen LogP contribution in [0.25, 0.3) is 0 Å². The molecule has 0 unspecified atom stereocenters. The highest BCUT2D eigenvalue weighted by molar-refractivity contribution is 5.95. The molecule has 0 amide bonds. The summed E-state index contributed by atoms with van der Waals surface area (Å²) in [6.07, 6.45) is 4.73. The number of hydrogen-bond donors (Lipinski definition) is 1. The van der Waals surface area contributed by atoms with E-state index in [4.69, 9.17) is 4.74 Å². The molecule has 1 saturated heterocycles. The fourth-order valence-corrected chi connectivity index (χ4v) is 1.87. The third-order valence-corrected chi connectivity index (χ3v) is 2.66. The van der Waals surface area contributed by atoms with Gasteiger partial charge in [0, 0.05) is 12.3 Å². The minimum atomic E-state index is 0.200. The Balaban J connectivity index is 1.94. The van der Waals surface area contributed by atoms with E-state index < -0.39 is 0 Å². The second kappa shape index (κ2) is 3.92. The van der Waals surface area contributed by atoms with Crippen LogP contribution in [0.3, 0.4) is 0 Å². The molecule has 0 bridgehead atoms. The van der Waals surface area contributed by atoms with Crippen molar-refractivity contribution >= 4 is 5.78 Å². The van der Waals surface area contributed by atoms with Gasteiger partial charge >= 0.3 is 0 Å². The third-order valence-electron chi connectivity index (χ3n) is 2.66. The molecule has 3 heteroatoms. The van der Waals surface area contributed by atoms with Crippen molar-refractivity contribution in [2.24, 2.45) is 5.92 Å². The summed E-state index contributed by atoms with van der Waals surface area (Å²) in [4.78, 5) is 11.8. The van der Waals surface area contributed by atoms with Crippen molar-refractivity contribution in [3.05, 3.63) is 11.8 Å². The van der Waals surface area contributed by atoms with E-state index in [0.717, 1.165) is 32.4 Å². The molecule has 0 aromatic carbocycles. The summed E-state index contributed by atoms with van der Waals surface area (Å²) < 4.78 is 5.26. The van der Waals surface area contributed by atoms with Crippen molar-refractivity contribution in [2.45, 2.75) is 19.3 Å². The fourth-order valence-electron chi connectivity index (χ4n) is 1.87. The SMILES string of the molecule is O=C(C1=CCCO1)C1CCNCC1. The third kappa shape index (κ3) is 1.91. The first-order chi connectivity index (χ1) is 6.38. The predicted octanol–water partition coefficient (Wildman–Crippen LogP) is 0.859. The zero-order valence-corrected chi connectivity index (χ0v) is 7.71. The van der Waals surface area contributed by atoms with E-state index in [0.29, 0.717) is 12.4 Å². The highest BCUT2D eigenvalue weighted by Gasteiger charge is 2.26. The van der Waals surface area contributed by atoms with Gasteiger partial charge in [0.25, 0.3) is 0 Å². The summed E-state index contributed by atoms with van der Waals surface area (Å²) in [7, 11) is 0. The van der Waals surface area contributed by atoms with Crippen LogP contribution < -0.4 is 5.32 Å². The van der Waals surface area contributed by atoms with Gasteiger partial charge in [-0.15, -0.1) is 0 Å². The molecule has 0 aromatic rings. The summed E-state index contributed by atoms with van der Waals surface area (Å²) >= 11 is 0. The summed E-state index contributed by atoms with van der Waals surface area (Å²) in [5.41, 5.74) is 0. The fraction of sp³-hybridized carbons (Fsp3) is 0.700. The molecule has 2 heterocycles. The lowest BCUT2D eigenvalue weighted by atomic mass is 9.92. The number of ketones is 1. The molecule has 0 aromatic heterocycles. The van der Waals surface area contributed by atoms with Crippen molar-refractivity contribution in [1.82, 2.24) is 5.32 Å². The average Bonchev–Trinajstić information content (AvgIpc) is 2.71. The Bertz CT molecular complexity index is 229. The molecule has 2 aliphatic rings. The number of carbonyl (C=O) groups is 1. The zero-order valence-electron chi connectivity index (χ0n) is 7.71. The molecule has 72 valence electrons. The maximum Gasteiger partial charge on any atom is 0.200 e. The molecule has 13 heavy (non-hydrogen) atoms. The van der Waals surface area contributed by atoms with E-state index >= 15 is 0 Å². The molecule has 0 radical (unpaired) electrons. The number of Topliss-reactive ketones (excluding diaryl/α,β-unsaturated/α-hetero) is 1. The Morgan fingerprint density at radius 1 is 1.46 bits per heavy atom. The molecule has 2 rings (SSSR count). The topological polar surface area (TPSA) is 38.3 Å². The second-order valence-corrected chi connectivity index (χ2v) is 3.59. The molecule has 1 N–H and O–H groups in total. The van der Waals surface area contributed by atoms with Crippen LogP contribution in [-0.2, 0) is 9.53 Å². The van der Waals surface area contributed by atoms with Gasteiger partial charge in [-0.05, 0) is 32.0 Å². The van der Waals surface area contributed by atoms with Gasteiger partial charge < -0.3 is 10.1 Å². The molecule has 0 aliphatic carbocycles. The van der Waals surface area contributed by atoms with Crippen molar-refractivity contribution in [3.63, 3.8) is 0 Å². The Morgan fingerprint density at radius 2 is 2.23 bits per heavy atom. The standard InChI is InChI=1S/C10H15NO2/c12-10(9-2-1-7-13-9)8-3-5-11-6-4-8/h2,8,11H,1,3-7H2. The average molecular weight is 181 g/mol. The van der Waals surface area contributed by atoms with Gasteiger partial charge in [-0.3, -0.25) is 4.79 Å². The monoisotopic (exact) mass is 181 g/mol. The smallest absolute Gasteiger partial charge is 0.200 e. The van der Waals surface area contributed by atoms with E-state index in [-0.39, 0.29) is 11.7 Å². The van der Waals surface area contributed by atoms with E-state index in [1.807, 2.05) is 6.08 Å². The molecule has 0 atom stereocenters. The Hall–Kier alpha value is -0.830. The van der Waals surface area contributed by atoms with Crippen LogP contribution in [0.4, 0.5) is 0 Å². The Morgan fingerprint density at radius 3 is 2.85 bits per heavy atom. The van der Waals surface area contributed by atoms with Gasteiger partial charge in [0.05, 0.1) is 6.61 Å². The van der Waals surface area contributed by atoms with Crippen LogP contribution in [0.15, 0.2) is 11.8 Å². The molecular formula is C10H15NO2. The van der Waals surface area contributed by atoms with Gasteiger partial charge in [-0.25, -0.2) is 0 Å². The molecule has 3 nitrogen and oxygen atoms in total. The minimum absolute atomic E-state index is 0.200. The number of carbonyl (C=O) groups excluding carboxylic acids is 1. The summed E-state index contributed by atoms with van der Waals surface area (Å²) in [5.74, 6) is 1.04. The first-order valence-electron chi connectivity index (χ1n) is 4.96. The van der Waals surface area contributed by atoms with Gasteiger partial charge in [0.15, 0.2) is 11.5 Å². The van der Waals surface area contributed by atoms with Crippen LogP contribution in [0.1, 0.15) is 19.3 Å². The van der Waals surface area contributed by atoms with Crippen molar-refractivity contribution in [1.29, 1.82) is 0 Å². The molecule has 0 spiro atoms. The second-order valence-electron chi connectivity index (χ2n) is 3.59. The first-order valence-corrected chi connectivity index (χ1v) is 4.96. The Kier molecular flexibility index (Phi) is 2.64. The maximum atomic E-state index is 11.8. The van der Waals surface area contributed by atoms with Gasteiger partial charge in [-0.2, -0.15) is 0 Å². The highest BCUT2D eigenvalue weighted by Crippen LogP contribution is 2.20. The number of piperidine rings is 1.